The van der Waals surface area contributed by atoms with E-state index in [1.54, 1.807) is 19.4 Å². The molecule has 2 rings (SSSR count). The second kappa shape index (κ2) is 4.69. The lowest BCUT2D eigenvalue weighted by atomic mass is 10.2. The van der Waals surface area contributed by atoms with Gasteiger partial charge in [0.1, 0.15) is 11.6 Å². The third-order valence-corrected chi connectivity index (χ3v) is 2.34. The van der Waals surface area contributed by atoms with E-state index in [9.17, 15) is 0 Å². The monoisotopic (exact) mass is 230 g/mol. The van der Waals surface area contributed by atoms with E-state index >= 15 is 0 Å². The molecule has 1 aromatic carbocycles. The van der Waals surface area contributed by atoms with Crippen LogP contribution in [0.25, 0.3) is 0 Å². The number of aromatic nitrogens is 2. The van der Waals surface area contributed by atoms with Crippen LogP contribution in [0.5, 0.6) is 5.75 Å². The van der Waals surface area contributed by atoms with Crippen molar-refractivity contribution in [1.82, 2.24) is 9.97 Å². The first-order valence-corrected chi connectivity index (χ1v) is 5.19. The average Bonchev–Trinajstić information content (AvgIpc) is 2.29. The maximum absolute atomic E-state index is 5.51. The van der Waals surface area contributed by atoms with Crippen molar-refractivity contribution < 1.29 is 4.74 Å². The molecule has 0 unspecified atom stereocenters. The van der Waals surface area contributed by atoms with Crippen molar-refractivity contribution >= 4 is 17.5 Å². The highest BCUT2D eigenvalue weighted by atomic mass is 16.5. The van der Waals surface area contributed by atoms with Crippen LogP contribution < -0.4 is 15.8 Å². The molecule has 0 aliphatic heterocycles. The summed E-state index contributed by atoms with van der Waals surface area (Å²) in [6, 6.07) is 7.57. The van der Waals surface area contributed by atoms with Crippen molar-refractivity contribution in [2.75, 3.05) is 18.2 Å². The number of nitrogens with one attached hydrogen (secondary N) is 1. The van der Waals surface area contributed by atoms with Crippen LogP contribution in [0.2, 0.25) is 0 Å². The molecule has 0 amide bonds. The minimum Gasteiger partial charge on any atom is -0.496 e. The minimum absolute atomic E-state index is 0.250. The molecule has 2 aromatic rings. The summed E-state index contributed by atoms with van der Waals surface area (Å²) in [5.74, 6) is 1.78. The van der Waals surface area contributed by atoms with Crippen LogP contribution in [-0.4, -0.2) is 17.1 Å². The summed E-state index contributed by atoms with van der Waals surface area (Å²) >= 11 is 0. The molecule has 0 bridgehead atoms. The molecule has 17 heavy (non-hydrogen) atoms. The SMILES string of the molecule is COc1ccc(Nc2ccnc(N)n2)cc1C. The molecule has 5 nitrogen and oxygen atoms in total. The molecule has 1 aromatic heterocycles. The largest absolute Gasteiger partial charge is 0.496 e. The Hall–Kier alpha value is -2.30. The maximum atomic E-state index is 5.51. The molecule has 88 valence electrons. The van der Waals surface area contributed by atoms with Crippen molar-refractivity contribution in [3.8, 4) is 5.75 Å². The number of nitrogens with zero attached hydrogens (tertiary/aromatic N) is 2. The molecule has 0 atom stereocenters. The van der Waals surface area contributed by atoms with Gasteiger partial charge in [0.2, 0.25) is 5.95 Å². The number of rotatable bonds is 3. The molecule has 0 fully saturated rings. The van der Waals surface area contributed by atoms with Gasteiger partial charge in [-0.05, 0) is 36.8 Å². The number of nitrogens with two attached hydrogens (primary N) is 1. The third kappa shape index (κ3) is 2.63. The number of anilines is 3. The highest BCUT2D eigenvalue weighted by Crippen LogP contribution is 2.23. The summed E-state index contributed by atoms with van der Waals surface area (Å²) in [5.41, 5.74) is 7.49. The summed E-state index contributed by atoms with van der Waals surface area (Å²) in [5, 5.41) is 3.15. The first kappa shape index (κ1) is 11.2. The zero-order valence-corrected chi connectivity index (χ0v) is 9.77. The van der Waals surface area contributed by atoms with E-state index in [0.717, 1.165) is 17.0 Å². The number of aryl methyl sites for hydroxylation is 1. The predicted molar refractivity (Wildman–Crippen MR) is 67.5 cm³/mol. The lowest BCUT2D eigenvalue weighted by Gasteiger charge is -2.09. The zero-order valence-electron chi connectivity index (χ0n) is 9.77. The zero-order chi connectivity index (χ0) is 12.3. The smallest absolute Gasteiger partial charge is 0.221 e. The fourth-order valence-corrected chi connectivity index (χ4v) is 1.55. The highest BCUT2D eigenvalue weighted by Gasteiger charge is 2.01. The Bertz CT molecular complexity index is 528. The summed E-state index contributed by atoms with van der Waals surface area (Å²) in [6.07, 6.45) is 1.61. The molecular formula is C12H14N4O. The first-order chi connectivity index (χ1) is 8.19. The highest BCUT2D eigenvalue weighted by molar-refractivity contribution is 5.59. The summed E-state index contributed by atoms with van der Waals surface area (Å²) < 4.78 is 5.20. The van der Waals surface area contributed by atoms with Gasteiger partial charge < -0.3 is 15.8 Å². The van der Waals surface area contributed by atoms with Gasteiger partial charge in [-0.1, -0.05) is 0 Å². The lowest BCUT2D eigenvalue weighted by molar-refractivity contribution is 0.412. The Labute approximate surface area is 99.7 Å². The molecule has 0 saturated carbocycles. The van der Waals surface area contributed by atoms with Gasteiger partial charge in [-0.3, -0.25) is 0 Å². The Balaban J connectivity index is 2.22. The van der Waals surface area contributed by atoms with Gasteiger partial charge in [0.05, 0.1) is 7.11 Å². The lowest BCUT2D eigenvalue weighted by Crippen LogP contribution is -1.99. The molecule has 1 heterocycles. The molecule has 0 aliphatic rings. The summed E-state index contributed by atoms with van der Waals surface area (Å²) in [4.78, 5) is 7.90. The second-order valence-corrected chi connectivity index (χ2v) is 3.61. The number of ether oxygens (including phenoxy) is 1. The van der Waals surface area contributed by atoms with E-state index in [-0.39, 0.29) is 5.95 Å². The standard InChI is InChI=1S/C12H14N4O/c1-8-7-9(3-4-10(8)17-2)15-11-5-6-14-12(13)16-11/h3-7H,1-2H3,(H3,13,14,15,16). The number of hydrogen-bond donors (Lipinski definition) is 2. The Morgan fingerprint density at radius 2 is 2.12 bits per heavy atom. The van der Waals surface area contributed by atoms with Crippen molar-refractivity contribution in [2.45, 2.75) is 6.92 Å². The number of nitrogen functional groups attached to an aromatic ring is 1. The van der Waals surface area contributed by atoms with Gasteiger partial charge in [-0.15, -0.1) is 0 Å². The Morgan fingerprint density at radius 3 is 2.76 bits per heavy atom. The number of methoxy groups -OCH3 is 1. The van der Waals surface area contributed by atoms with E-state index in [1.807, 2.05) is 25.1 Å². The van der Waals surface area contributed by atoms with Gasteiger partial charge in [-0.2, -0.15) is 4.98 Å². The van der Waals surface area contributed by atoms with Crippen LogP contribution in [0.15, 0.2) is 30.5 Å². The second-order valence-electron chi connectivity index (χ2n) is 3.61. The topological polar surface area (TPSA) is 73.1 Å². The van der Waals surface area contributed by atoms with Crippen LogP contribution in [0.1, 0.15) is 5.56 Å². The van der Waals surface area contributed by atoms with Gasteiger partial charge in [0.15, 0.2) is 0 Å². The van der Waals surface area contributed by atoms with Crippen molar-refractivity contribution in [3.05, 3.63) is 36.0 Å². The van der Waals surface area contributed by atoms with Crippen molar-refractivity contribution in [1.29, 1.82) is 0 Å². The quantitative estimate of drug-likeness (QED) is 0.844. The van der Waals surface area contributed by atoms with E-state index in [1.165, 1.54) is 0 Å². The van der Waals surface area contributed by atoms with Gasteiger partial charge in [-0.25, -0.2) is 4.98 Å². The summed E-state index contributed by atoms with van der Waals surface area (Å²) in [7, 11) is 1.65. The Morgan fingerprint density at radius 1 is 1.29 bits per heavy atom. The molecule has 0 radical (unpaired) electrons. The van der Waals surface area contributed by atoms with E-state index in [0.29, 0.717) is 5.82 Å². The first-order valence-electron chi connectivity index (χ1n) is 5.19. The number of hydrogen-bond acceptors (Lipinski definition) is 5. The van der Waals surface area contributed by atoms with Crippen LogP contribution in [0, 0.1) is 6.92 Å². The van der Waals surface area contributed by atoms with Crippen LogP contribution in [-0.2, 0) is 0 Å². The molecule has 0 saturated heterocycles. The van der Waals surface area contributed by atoms with E-state index < -0.39 is 0 Å². The van der Waals surface area contributed by atoms with Crippen molar-refractivity contribution in [2.24, 2.45) is 0 Å². The average molecular weight is 230 g/mol. The molecule has 0 spiro atoms. The maximum Gasteiger partial charge on any atom is 0.221 e. The van der Waals surface area contributed by atoms with Crippen LogP contribution in [0.3, 0.4) is 0 Å². The van der Waals surface area contributed by atoms with Gasteiger partial charge in [0, 0.05) is 11.9 Å². The molecular weight excluding hydrogens is 216 g/mol. The fourth-order valence-electron chi connectivity index (χ4n) is 1.55. The predicted octanol–water partition coefficient (Wildman–Crippen LogP) is 2.12. The van der Waals surface area contributed by atoms with Crippen LogP contribution >= 0.6 is 0 Å². The molecule has 3 N–H and O–H groups in total. The van der Waals surface area contributed by atoms with Gasteiger partial charge in [0.25, 0.3) is 0 Å². The summed E-state index contributed by atoms with van der Waals surface area (Å²) in [6.45, 7) is 1.98. The minimum atomic E-state index is 0.250. The van der Waals surface area contributed by atoms with E-state index in [4.69, 9.17) is 10.5 Å². The molecule has 0 aliphatic carbocycles. The molecule has 5 heteroatoms. The van der Waals surface area contributed by atoms with E-state index in [2.05, 4.69) is 15.3 Å². The Kier molecular flexibility index (Phi) is 3.09. The van der Waals surface area contributed by atoms with Crippen LogP contribution in [0.4, 0.5) is 17.5 Å². The third-order valence-electron chi connectivity index (χ3n) is 2.34. The fraction of sp³-hybridized carbons (Fsp3) is 0.167. The van der Waals surface area contributed by atoms with Gasteiger partial charge >= 0.3 is 0 Å². The van der Waals surface area contributed by atoms with Crippen molar-refractivity contribution in [3.63, 3.8) is 0 Å². The number of benzene rings is 1. The normalized spacial score (nSPS) is 10.0.